The molecule has 8 heteroatoms. The number of carbonyl (C=O) groups excluding carboxylic acids is 1. The van der Waals surface area contributed by atoms with Gasteiger partial charge in [-0.05, 0) is 38.0 Å². The molecule has 24 heavy (non-hydrogen) atoms. The van der Waals surface area contributed by atoms with Crippen molar-refractivity contribution in [3.63, 3.8) is 0 Å². The Kier molecular flexibility index (Phi) is 6.59. The summed E-state index contributed by atoms with van der Waals surface area (Å²) in [6, 6.07) is 4.30. The molecule has 0 atom stereocenters. The highest BCUT2D eigenvalue weighted by atomic mass is 32.2. The quantitative estimate of drug-likeness (QED) is 0.788. The van der Waals surface area contributed by atoms with Gasteiger partial charge >= 0.3 is 0 Å². The maximum Gasteiger partial charge on any atom is 0.278 e. The summed E-state index contributed by atoms with van der Waals surface area (Å²) >= 11 is 0. The molecule has 1 aromatic carbocycles. The van der Waals surface area contributed by atoms with Crippen LogP contribution in [0.3, 0.4) is 0 Å². The van der Waals surface area contributed by atoms with E-state index in [4.69, 9.17) is 9.57 Å². The van der Waals surface area contributed by atoms with E-state index in [1.807, 2.05) is 0 Å². The summed E-state index contributed by atoms with van der Waals surface area (Å²) in [6.07, 6.45) is 3.79. The molecule has 1 aliphatic heterocycles. The first kappa shape index (κ1) is 18.7. The maximum atomic E-state index is 12.9. The average molecular weight is 356 g/mol. The smallest absolute Gasteiger partial charge is 0.278 e. The first-order valence-corrected chi connectivity index (χ1v) is 9.55. The van der Waals surface area contributed by atoms with E-state index in [1.54, 1.807) is 6.92 Å². The second kappa shape index (κ2) is 8.46. The van der Waals surface area contributed by atoms with Crippen LogP contribution >= 0.6 is 0 Å². The predicted molar refractivity (Wildman–Crippen MR) is 89.3 cm³/mol. The molecule has 1 fully saturated rings. The van der Waals surface area contributed by atoms with Crippen molar-refractivity contribution in [2.45, 2.75) is 37.5 Å². The van der Waals surface area contributed by atoms with Gasteiger partial charge in [0.05, 0.1) is 24.2 Å². The maximum absolute atomic E-state index is 12.9. The van der Waals surface area contributed by atoms with E-state index >= 15 is 0 Å². The number of methoxy groups -OCH3 is 1. The number of hydrogen-bond acceptors (Lipinski definition) is 5. The largest absolute Gasteiger partial charge is 0.496 e. The van der Waals surface area contributed by atoms with E-state index in [1.165, 1.54) is 29.6 Å². The summed E-state index contributed by atoms with van der Waals surface area (Å²) in [5, 5.41) is 0. The molecule has 1 heterocycles. The van der Waals surface area contributed by atoms with Crippen LogP contribution in [0.15, 0.2) is 23.1 Å². The van der Waals surface area contributed by atoms with Crippen molar-refractivity contribution in [3.05, 3.63) is 23.8 Å². The van der Waals surface area contributed by atoms with Crippen LogP contribution in [-0.4, -0.2) is 45.4 Å². The third-order valence-corrected chi connectivity index (χ3v) is 5.82. The first-order chi connectivity index (χ1) is 11.5. The van der Waals surface area contributed by atoms with Crippen molar-refractivity contribution in [3.8, 4) is 5.75 Å². The molecule has 0 radical (unpaired) electrons. The molecule has 1 amide bonds. The number of hydroxylamine groups is 1. The Morgan fingerprint density at radius 2 is 1.88 bits per heavy atom. The monoisotopic (exact) mass is 356 g/mol. The second-order valence-corrected chi connectivity index (χ2v) is 7.48. The molecule has 1 N–H and O–H groups in total. The minimum absolute atomic E-state index is 0.0897. The minimum Gasteiger partial charge on any atom is -0.496 e. The zero-order chi connectivity index (χ0) is 17.6. The Bertz CT molecular complexity index is 667. The third kappa shape index (κ3) is 4.25. The van der Waals surface area contributed by atoms with Crippen LogP contribution in [0.5, 0.6) is 5.75 Å². The lowest BCUT2D eigenvalue weighted by molar-refractivity contribution is 0.0362. The SMILES string of the molecule is CCONC(=O)c1cc(S(=O)(=O)N2CCCCCC2)ccc1OC. The second-order valence-electron chi connectivity index (χ2n) is 5.54. The Morgan fingerprint density at radius 3 is 2.46 bits per heavy atom. The number of rotatable bonds is 6. The number of ether oxygens (including phenoxy) is 1. The van der Waals surface area contributed by atoms with Gasteiger partial charge in [0.2, 0.25) is 10.0 Å². The van der Waals surface area contributed by atoms with Gasteiger partial charge in [0.25, 0.3) is 5.91 Å². The van der Waals surface area contributed by atoms with Crippen LogP contribution < -0.4 is 10.2 Å². The van der Waals surface area contributed by atoms with Crippen molar-refractivity contribution in [1.29, 1.82) is 0 Å². The molecule has 1 aromatic rings. The summed E-state index contributed by atoms with van der Waals surface area (Å²) in [6.45, 7) is 3.06. The predicted octanol–water partition coefficient (Wildman–Crippen LogP) is 1.94. The number of amides is 1. The summed E-state index contributed by atoms with van der Waals surface area (Å²) in [5.74, 6) is -0.247. The van der Waals surface area contributed by atoms with Crippen LogP contribution in [0.25, 0.3) is 0 Å². The first-order valence-electron chi connectivity index (χ1n) is 8.11. The van der Waals surface area contributed by atoms with E-state index in [9.17, 15) is 13.2 Å². The van der Waals surface area contributed by atoms with Crippen LogP contribution in [0, 0.1) is 0 Å². The molecule has 0 saturated carbocycles. The van der Waals surface area contributed by atoms with Crippen LogP contribution in [-0.2, 0) is 14.9 Å². The zero-order valence-corrected chi connectivity index (χ0v) is 14.9. The summed E-state index contributed by atoms with van der Waals surface area (Å²) in [4.78, 5) is 17.2. The fraction of sp³-hybridized carbons (Fsp3) is 0.562. The van der Waals surface area contributed by atoms with Crippen LogP contribution in [0.1, 0.15) is 43.0 Å². The molecule has 0 unspecified atom stereocenters. The van der Waals surface area contributed by atoms with E-state index in [2.05, 4.69) is 5.48 Å². The average Bonchev–Trinajstić information content (AvgIpc) is 2.89. The van der Waals surface area contributed by atoms with Crippen molar-refractivity contribution >= 4 is 15.9 Å². The fourth-order valence-corrected chi connectivity index (χ4v) is 4.19. The molecule has 0 aliphatic carbocycles. The van der Waals surface area contributed by atoms with Gasteiger partial charge in [-0.1, -0.05) is 12.8 Å². The highest BCUT2D eigenvalue weighted by molar-refractivity contribution is 7.89. The molecule has 1 saturated heterocycles. The van der Waals surface area contributed by atoms with Gasteiger partial charge in [-0.2, -0.15) is 4.31 Å². The molecule has 2 rings (SSSR count). The van der Waals surface area contributed by atoms with Crippen molar-refractivity contribution in [2.75, 3.05) is 26.8 Å². The number of hydrogen-bond donors (Lipinski definition) is 1. The van der Waals surface area contributed by atoms with Gasteiger partial charge < -0.3 is 4.74 Å². The highest BCUT2D eigenvalue weighted by Gasteiger charge is 2.27. The number of nitrogens with one attached hydrogen (secondary N) is 1. The lowest BCUT2D eigenvalue weighted by Gasteiger charge is -2.20. The topological polar surface area (TPSA) is 84.9 Å². The highest BCUT2D eigenvalue weighted by Crippen LogP contribution is 2.26. The Morgan fingerprint density at radius 1 is 1.21 bits per heavy atom. The van der Waals surface area contributed by atoms with Crippen molar-refractivity contribution in [2.24, 2.45) is 0 Å². The number of carbonyl (C=O) groups is 1. The molecule has 7 nitrogen and oxygen atoms in total. The van der Waals surface area contributed by atoms with E-state index in [0.29, 0.717) is 25.4 Å². The molecule has 0 aromatic heterocycles. The van der Waals surface area contributed by atoms with E-state index in [-0.39, 0.29) is 10.5 Å². The minimum atomic E-state index is -3.63. The Labute approximate surface area is 142 Å². The fourth-order valence-electron chi connectivity index (χ4n) is 2.65. The van der Waals surface area contributed by atoms with Gasteiger partial charge in [-0.25, -0.2) is 13.9 Å². The molecular weight excluding hydrogens is 332 g/mol. The molecule has 0 spiro atoms. The van der Waals surface area contributed by atoms with E-state index < -0.39 is 15.9 Å². The lowest BCUT2D eigenvalue weighted by atomic mass is 10.2. The summed E-state index contributed by atoms with van der Waals surface area (Å²) in [7, 11) is -2.20. The van der Waals surface area contributed by atoms with Gasteiger partial charge in [-0.15, -0.1) is 0 Å². The lowest BCUT2D eigenvalue weighted by Crippen LogP contribution is -2.32. The van der Waals surface area contributed by atoms with Crippen molar-refractivity contribution in [1.82, 2.24) is 9.79 Å². The number of benzene rings is 1. The zero-order valence-electron chi connectivity index (χ0n) is 14.1. The van der Waals surface area contributed by atoms with Gasteiger partial charge in [0.15, 0.2) is 0 Å². The summed E-state index contributed by atoms with van der Waals surface area (Å²) in [5.41, 5.74) is 2.39. The van der Waals surface area contributed by atoms with Gasteiger partial charge in [0.1, 0.15) is 5.75 Å². The van der Waals surface area contributed by atoms with Crippen LogP contribution in [0.2, 0.25) is 0 Å². The van der Waals surface area contributed by atoms with Gasteiger partial charge in [-0.3, -0.25) is 9.63 Å². The summed E-state index contributed by atoms with van der Waals surface area (Å²) < 4.78 is 32.3. The normalized spacial score (nSPS) is 16.4. The van der Waals surface area contributed by atoms with Gasteiger partial charge in [0, 0.05) is 13.1 Å². The van der Waals surface area contributed by atoms with E-state index in [0.717, 1.165) is 25.7 Å². The molecular formula is C16H24N2O5S. The number of sulfonamides is 1. The Balaban J connectivity index is 2.34. The number of nitrogens with zero attached hydrogens (tertiary/aromatic N) is 1. The molecule has 134 valence electrons. The molecule has 0 bridgehead atoms. The van der Waals surface area contributed by atoms with Crippen LogP contribution in [0.4, 0.5) is 0 Å². The Hall–Kier alpha value is -1.64. The third-order valence-electron chi connectivity index (χ3n) is 3.93. The van der Waals surface area contributed by atoms with Crippen molar-refractivity contribution < 1.29 is 22.8 Å². The standard InChI is InChI=1S/C16H24N2O5S/c1-3-23-17-16(19)14-12-13(8-9-15(14)22-2)24(20,21)18-10-6-4-5-7-11-18/h8-9,12H,3-7,10-11H2,1-2H3,(H,17,19). The molecule has 1 aliphatic rings.